The molecule has 0 unspecified atom stereocenters. The van der Waals surface area contributed by atoms with Crippen LogP contribution in [0.15, 0.2) is 12.2 Å². The molecule has 0 aromatic rings. The third-order valence-corrected chi connectivity index (χ3v) is 3.84. The van der Waals surface area contributed by atoms with Crippen LogP contribution >= 0.6 is 11.8 Å². The number of allylic oxidation sites excluding steroid dienone is 1. The van der Waals surface area contributed by atoms with Gasteiger partial charge in [0.15, 0.2) is 0 Å². The van der Waals surface area contributed by atoms with Gasteiger partial charge in [0, 0.05) is 10.5 Å². The molecule has 0 saturated carbocycles. The van der Waals surface area contributed by atoms with Crippen molar-refractivity contribution in [3.05, 3.63) is 12.2 Å². The smallest absolute Gasteiger partial charge is 0.0662 e. The first-order valence-corrected chi connectivity index (χ1v) is 4.81. The van der Waals surface area contributed by atoms with Crippen LogP contribution in [-0.4, -0.2) is 21.7 Å². The Kier molecular flexibility index (Phi) is 1.75. The van der Waals surface area contributed by atoms with Gasteiger partial charge in [-0.3, -0.25) is 0 Å². The quantitative estimate of drug-likeness (QED) is 0.537. The summed E-state index contributed by atoms with van der Waals surface area (Å²) in [5, 5.41) is 10.7. The van der Waals surface area contributed by atoms with E-state index in [9.17, 15) is 5.11 Å². The molecule has 1 nitrogen and oxygen atoms in total. The third-order valence-electron chi connectivity index (χ3n) is 2.24. The zero-order chi connectivity index (χ0) is 6.97. The summed E-state index contributed by atoms with van der Waals surface area (Å²) in [7, 11) is 0. The molecule has 2 bridgehead atoms. The maximum absolute atomic E-state index is 9.47. The minimum Gasteiger partial charge on any atom is -0.392 e. The molecule has 0 radical (unpaired) electrons. The molecular formula is C8H12OS. The van der Waals surface area contributed by atoms with Gasteiger partial charge in [0.1, 0.15) is 0 Å². The highest BCUT2D eigenvalue weighted by Crippen LogP contribution is 2.37. The van der Waals surface area contributed by atoms with Gasteiger partial charge < -0.3 is 5.11 Å². The van der Waals surface area contributed by atoms with Crippen molar-refractivity contribution >= 4 is 11.8 Å². The van der Waals surface area contributed by atoms with E-state index < -0.39 is 0 Å². The number of aliphatic hydroxyl groups excluding tert-OH is 1. The standard InChI is InChI=1S/C8H12OS/c9-7-5-4-6-2-1-3-8(7)10-6/h1-2,6-9H,3-5H2/t6-,7-,8+/m0/s1. The summed E-state index contributed by atoms with van der Waals surface area (Å²) in [6, 6.07) is 0. The Morgan fingerprint density at radius 1 is 1.40 bits per heavy atom. The van der Waals surface area contributed by atoms with E-state index in [0.717, 1.165) is 12.8 Å². The predicted octanol–water partition coefficient (Wildman–Crippen LogP) is 1.57. The molecule has 0 aromatic carbocycles. The summed E-state index contributed by atoms with van der Waals surface area (Å²) in [5.41, 5.74) is 0. The van der Waals surface area contributed by atoms with Crippen molar-refractivity contribution in [1.82, 2.24) is 0 Å². The minimum absolute atomic E-state index is 0.0359. The highest BCUT2D eigenvalue weighted by atomic mass is 32.2. The van der Waals surface area contributed by atoms with Crippen LogP contribution in [0.1, 0.15) is 19.3 Å². The Balaban J connectivity index is 2.11. The molecule has 0 amide bonds. The van der Waals surface area contributed by atoms with Gasteiger partial charge in [-0.2, -0.15) is 0 Å². The van der Waals surface area contributed by atoms with Crippen molar-refractivity contribution in [3.8, 4) is 0 Å². The van der Waals surface area contributed by atoms with Gasteiger partial charge in [-0.05, 0) is 19.3 Å². The molecule has 0 aliphatic carbocycles. The van der Waals surface area contributed by atoms with Crippen molar-refractivity contribution in [3.63, 3.8) is 0 Å². The number of hydrogen-bond acceptors (Lipinski definition) is 2. The average Bonchev–Trinajstić information content (AvgIpc) is 1.99. The van der Waals surface area contributed by atoms with Gasteiger partial charge in [-0.15, -0.1) is 11.8 Å². The molecule has 2 heteroatoms. The zero-order valence-electron chi connectivity index (χ0n) is 5.86. The molecule has 0 spiro atoms. The van der Waals surface area contributed by atoms with Crippen LogP contribution < -0.4 is 0 Å². The normalized spacial score (nSPS) is 45.5. The number of fused-ring (bicyclic) bond motifs is 2. The molecule has 2 rings (SSSR count). The number of aliphatic hydroxyl groups is 1. The maximum atomic E-state index is 9.47. The lowest BCUT2D eigenvalue weighted by Crippen LogP contribution is -2.32. The average molecular weight is 156 g/mol. The van der Waals surface area contributed by atoms with Crippen molar-refractivity contribution in [2.24, 2.45) is 0 Å². The Hall–Kier alpha value is 0.0500. The number of hydrogen-bond donors (Lipinski definition) is 1. The summed E-state index contributed by atoms with van der Waals surface area (Å²) in [5.74, 6) is 0. The van der Waals surface area contributed by atoms with E-state index in [1.807, 2.05) is 11.8 Å². The zero-order valence-corrected chi connectivity index (χ0v) is 6.68. The summed E-state index contributed by atoms with van der Waals surface area (Å²) in [6.07, 6.45) is 7.71. The molecule has 3 atom stereocenters. The lowest BCUT2D eigenvalue weighted by Gasteiger charge is -2.33. The van der Waals surface area contributed by atoms with E-state index >= 15 is 0 Å². The molecule has 2 aliphatic heterocycles. The van der Waals surface area contributed by atoms with Crippen LogP contribution in [0.5, 0.6) is 0 Å². The van der Waals surface area contributed by atoms with E-state index in [2.05, 4.69) is 12.2 Å². The molecule has 1 fully saturated rings. The first kappa shape index (κ1) is 6.74. The van der Waals surface area contributed by atoms with Gasteiger partial charge in [-0.25, -0.2) is 0 Å². The summed E-state index contributed by atoms with van der Waals surface area (Å²) in [6.45, 7) is 0. The predicted molar refractivity (Wildman–Crippen MR) is 44.2 cm³/mol. The first-order chi connectivity index (χ1) is 4.86. The van der Waals surface area contributed by atoms with E-state index in [-0.39, 0.29) is 6.10 Å². The van der Waals surface area contributed by atoms with E-state index in [0.29, 0.717) is 10.5 Å². The Morgan fingerprint density at radius 2 is 2.30 bits per heavy atom. The number of thioether (sulfide) groups is 1. The van der Waals surface area contributed by atoms with Crippen LogP contribution in [0.3, 0.4) is 0 Å². The highest BCUT2D eigenvalue weighted by molar-refractivity contribution is 8.00. The molecule has 0 aromatic heterocycles. The van der Waals surface area contributed by atoms with Crippen LogP contribution in [0, 0.1) is 0 Å². The third kappa shape index (κ3) is 1.10. The van der Waals surface area contributed by atoms with Crippen molar-refractivity contribution in [2.45, 2.75) is 35.9 Å². The molecular weight excluding hydrogens is 144 g/mol. The minimum atomic E-state index is -0.0359. The van der Waals surface area contributed by atoms with Crippen LogP contribution in [-0.2, 0) is 0 Å². The number of rotatable bonds is 0. The topological polar surface area (TPSA) is 20.2 Å². The fourth-order valence-electron chi connectivity index (χ4n) is 1.62. The van der Waals surface area contributed by atoms with Crippen molar-refractivity contribution < 1.29 is 5.11 Å². The molecule has 1 saturated heterocycles. The van der Waals surface area contributed by atoms with Crippen LogP contribution in [0.25, 0.3) is 0 Å². The monoisotopic (exact) mass is 156 g/mol. The highest BCUT2D eigenvalue weighted by Gasteiger charge is 2.29. The Bertz CT molecular complexity index is 155. The molecule has 2 aliphatic rings. The molecule has 10 heavy (non-hydrogen) atoms. The van der Waals surface area contributed by atoms with E-state index in [1.54, 1.807) is 0 Å². The molecule has 2 heterocycles. The second-order valence-corrected chi connectivity index (χ2v) is 4.50. The molecule has 1 N–H and O–H groups in total. The second-order valence-electron chi connectivity index (χ2n) is 3.02. The van der Waals surface area contributed by atoms with Gasteiger partial charge in [-0.1, -0.05) is 12.2 Å². The Morgan fingerprint density at radius 3 is 3.10 bits per heavy atom. The summed E-state index contributed by atoms with van der Waals surface area (Å²) in [4.78, 5) is 0. The Labute approximate surface area is 65.5 Å². The second kappa shape index (κ2) is 2.59. The summed E-state index contributed by atoms with van der Waals surface area (Å²) >= 11 is 1.94. The maximum Gasteiger partial charge on any atom is 0.0662 e. The lowest BCUT2D eigenvalue weighted by molar-refractivity contribution is 0.153. The summed E-state index contributed by atoms with van der Waals surface area (Å²) < 4.78 is 0. The fourth-order valence-corrected chi connectivity index (χ4v) is 3.09. The van der Waals surface area contributed by atoms with Crippen molar-refractivity contribution in [2.75, 3.05) is 0 Å². The van der Waals surface area contributed by atoms with Crippen LogP contribution in [0.2, 0.25) is 0 Å². The van der Waals surface area contributed by atoms with Gasteiger partial charge in [0.05, 0.1) is 6.10 Å². The van der Waals surface area contributed by atoms with Gasteiger partial charge in [0.2, 0.25) is 0 Å². The first-order valence-electron chi connectivity index (χ1n) is 3.86. The van der Waals surface area contributed by atoms with Gasteiger partial charge in [0.25, 0.3) is 0 Å². The van der Waals surface area contributed by atoms with Gasteiger partial charge >= 0.3 is 0 Å². The van der Waals surface area contributed by atoms with E-state index in [1.165, 1.54) is 6.42 Å². The fraction of sp³-hybridized carbons (Fsp3) is 0.750. The largest absolute Gasteiger partial charge is 0.392 e. The van der Waals surface area contributed by atoms with Crippen LogP contribution in [0.4, 0.5) is 0 Å². The van der Waals surface area contributed by atoms with Crippen molar-refractivity contribution in [1.29, 1.82) is 0 Å². The molecule has 56 valence electrons. The van der Waals surface area contributed by atoms with E-state index in [4.69, 9.17) is 0 Å². The lowest BCUT2D eigenvalue weighted by atomic mass is 10.0. The SMILES string of the molecule is O[C@H]1CC[C@@H]2C=CC[C@H]1S2.